The Morgan fingerprint density at radius 3 is 2.76 bits per heavy atom. The first kappa shape index (κ1) is 16.0. The van der Waals surface area contributed by atoms with E-state index in [4.69, 9.17) is 18.0 Å². The second-order valence-corrected chi connectivity index (χ2v) is 5.89. The van der Waals surface area contributed by atoms with E-state index in [-0.39, 0.29) is 6.04 Å². The van der Waals surface area contributed by atoms with Crippen molar-refractivity contribution in [1.82, 2.24) is 4.90 Å². The van der Waals surface area contributed by atoms with E-state index in [2.05, 4.69) is 0 Å². The Bertz CT molecular complexity index is 584. The maximum Gasteiger partial charge on any atom is 0.129 e. The van der Waals surface area contributed by atoms with Gasteiger partial charge in [-0.25, -0.2) is 8.78 Å². The Morgan fingerprint density at radius 2 is 2.19 bits per heavy atom. The van der Waals surface area contributed by atoms with Gasteiger partial charge in [-0.2, -0.15) is 0 Å². The molecule has 114 valence electrons. The number of benzene rings is 1. The Kier molecular flexibility index (Phi) is 5.06. The lowest BCUT2D eigenvalue weighted by molar-refractivity contribution is 0.333. The normalized spacial score (nSPS) is 18.3. The standard InChI is InChI=1S/C16H20F2N2S/c1-3-13(9-19)20(10(2)21)14-4-5-15-11(7-14)6-12(17)8-16(15)18/h3,6,8,14H,4-5,7,9,19H2,1-2H3/b13-3-. The minimum absolute atomic E-state index is 0.103. The quantitative estimate of drug-likeness (QED) is 0.868. The number of nitrogens with zero attached hydrogens (tertiary/aromatic N) is 1. The van der Waals surface area contributed by atoms with Crippen LogP contribution in [-0.4, -0.2) is 22.5 Å². The minimum atomic E-state index is -0.525. The Morgan fingerprint density at radius 1 is 1.48 bits per heavy atom. The third-order valence-corrected chi connectivity index (χ3v) is 4.19. The van der Waals surface area contributed by atoms with Gasteiger partial charge in [-0.05, 0) is 50.3 Å². The number of rotatable bonds is 3. The van der Waals surface area contributed by atoms with Crippen molar-refractivity contribution < 1.29 is 8.78 Å². The molecular formula is C16H20F2N2S. The van der Waals surface area contributed by atoms with Gasteiger partial charge in [0.2, 0.25) is 0 Å². The summed E-state index contributed by atoms with van der Waals surface area (Å²) < 4.78 is 27.2. The van der Waals surface area contributed by atoms with Gasteiger partial charge in [0.1, 0.15) is 11.6 Å². The number of nitrogens with two attached hydrogens (primary N) is 1. The van der Waals surface area contributed by atoms with Gasteiger partial charge >= 0.3 is 0 Å². The van der Waals surface area contributed by atoms with Crippen LogP contribution in [0.4, 0.5) is 8.78 Å². The molecule has 5 heteroatoms. The van der Waals surface area contributed by atoms with Crippen molar-refractivity contribution in [3.05, 3.63) is 46.7 Å². The highest BCUT2D eigenvalue weighted by atomic mass is 32.1. The van der Waals surface area contributed by atoms with Gasteiger partial charge in [-0.1, -0.05) is 18.3 Å². The van der Waals surface area contributed by atoms with Gasteiger partial charge in [0, 0.05) is 24.4 Å². The van der Waals surface area contributed by atoms with Crippen LogP contribution in [0.3, 0.4) is 0 Å². The fourth-order valence-corrected chi connectivity index (χ4v) is 3.32. The third kappa shape index (κ3) is 3.30. The number of hydrogen-bond donors (Lipinski definition) is 1. The average molecular weight is 310 g/mol. The summed E-state index contributed by atoms with van der Waals surface area (Å²) in [4.78, 5) is 2.76. The second-order valence-electron chi connectivity index (χ2n) is 5.30. The first-order chi connectivity index (χ1) is 9.97. The third-order valence-electron chi connectivity index (χ3n) is 3.99. The maximum absolute atomic E-state index is 13.8. The molecule has 1 aromatic rings. The highest BCUT2D eigenvalue weighted by Crippen LogP contribution is 2.29. The Hall–Kier alpha value is -1.33. The summed E-state index contributed by atoms with van der Waals surface area (Å²) in [6, 6.07) is 2.49. The summed E-state index contributed by atoms with van der Waals surface area (Å²) in [5, 5.41) is 0. The molecule has 0 spiro atoms. The van der Waals surface area contributed by atoms with Gasteiger partial charge in [0.15, 0.2) is 0 Å². The largest absolute Gasteiger partial charge is 0.336 e. The molecule has 0 fully saturated rings. The van der Waals surface area contributed by atoms with Crippen molar-refractivity contribution in [3.8, 4) is 0 Å². The van der Waals surface area contributed by atoms with Crippen molar-refractivity contribution in [2.24, 2.45) is 5.73 Å². The monoisotopic (exact) mass is 310 g/mol. The number of hydrogen-bond acceptors (Lipinski definition) is 2. The summed E-state index contributed by atoms with van der Waals surface area (Å²) in [5.74, 6) is -0.971. The molecule has 2 rings (SSSR count). The predicted octanol–water partition coefficient (Wildman–Crippen LogP) is 3.33. The molecule has 0 saturated heterocycles. The molecule has 1 aliphatic carbocycles. The predicted molar refractivity (Wildman–Crippen MR) is 85.1 cm³/mol. The van der Waals surface area contributed by atoms with Gasteiger partial charge < -0.3 is 10.6 Å². The molecule has 2 nitrogen and oxygen atoms in total. The van der Waals surface area contributed by atoms with Crippen LogP contribution >= 0.6 is 12.2 Å². The molecule has 0 saturated carbocycles. The molecule has 1 aromatic carbocycles. The molecule has 1 atom stereocenters. The molecule has 0 heterocycles. The molecular weight excluding hydrogens is 290 g/mol. The van der Waals surface area contributed by atoms with Crippen LogP contribution in [0.2, 0.25) is 0 Å². The van der Waals surface area contributed by atoms with Crippen LogP contribution in [0.5, 0.6) is 0 Å². The van der Waals surface area contributed by atoms with Crippen LogP contribution < -0.4 is 5.73 Å². The van der Waals surface area contributed by atoms with Crippen molar-refractivity contribution in [1.29, 1.82) is 0 Å². The molecule has 1 unspecified atom stereocenters. The van der Waals surface area contributed by atoms with Crippen LogP contribution in [0.15, 0.2) is 23.9 Å². The lowest BCUT2D eigenvalue weighted by Crippen LogP contribution is -2.42. The molecule has 0 aliphatic heterocycles. The molecule has 0 bridgehead atoms. The first-order valence-corrected chi connectivity index (χ1v) is 7.50. The van der Waals surface area contributed by atoms with Gasteiger partial charge in [0.25, 0.3) is 0 Å². The Balaban J connectivity index is 2.33. The van der Waals surface area contributed by atoms with Gasteiger partial charge in [0.05, 0.1) is 4.99 Å². The van der Waals surface area contributed by atoms with Crippen molar-refractivity contribution in [2.45, 2.75) is 39.2 Å². The summed E-state index contributed by atoms with van der Waals surface area (Å²) in [6.45, 7) is 4.17. The summed E-state index contributed by atoms with van der Waals surface area (Å²) in [6.07, 6.45) is 3.89. The number of fused-ring (bicyclic) bond motifs is 1. The Labute approximate surface area is 129 Å². The summed E-state index contributed by atoms with van der Waals surface area (Å²) in [7, 11) is 0. The fourth-order valence-electron chi connectivity index (χ4n) is 3.06. The smallest absolute Gasteiger partial charge is 0.129 e. The first-order valence-electron chi connectivity index (χ1n) is 7.09. The molecule has 0 radical (unpaired) electrons. The highest BCUT2D eigenvalue weighted by molar-refractivity contribution is 7.80. The van der Waals surface area contributed by atoms with Crippen LogP contribution in [0.1, 0.15) is 31.4 Å². The van der Waals surface area contributed by atoms with E-state index in [9.17, 15) is 8.78 Å². The van der Waals surface area contributed by atoms with E-state index in [1.807, 2.05) is 24.8 Å². The van der Waals surface area contributed by atoms with Gasteiger partial charge in [-0.15, -0.1) is 0 Å². The van der Waals surface area contributed by atoms with E-state index in [0.717, 1.165) is 28.7 Å². The van der Waals surface area contributed by atoms with Crippen LogP contribution in [0.25, 0.3) is 0 Å². The van der Waals surface area contributed by atoms with Crippen molar-refractivity contribution in [3.63, 3.8) is 0 Å². The van der Waals surface area contributed by atoms with E-state index >= 15 is 0 Å². The van der Waals surface area contributed by atoms with Crippen LogP contribution in [-0.2, 0) is 12.8 Å². The zero-order valence-corrected chi connectivity index (χ0v) is 13.1. The van der Waals surface area contributed by atoms with E-state index in [1.54, 1.807) is 0 Å². The zero-order valence-electron chi connectivity index (χ0n) is 12.3. The topological polar surface area (TPSA) is 29.3 Å². The van der Waals surface area contributed by atoms with E-state index < -0.39 is 11.6 Å². The van der Waals surface area contributed by atoms with Crippen molar-refractivity contribution in [2.75, 3.05) is 6.54 Å². The number of halogens is 2. The average Bonchev–Trinajstić information content (AvgIpc) is 2.43. The molecule has 2 N–H and O–H groups in total. The SMILES string of the molecule is C/C=C(/CN)N(C(C)=S)C1CCc2c(F)cc(F)cc2C1. The maximum atomic E-state index is 13.8. The second kappa shape index (κ2) is 6.62. The lowest BCUT2D eigenvalue weighted by atomic mass is 9.86. The molecule has 1 aliphatic rings. The summed E-state index contributed by atoms with van der Waals surface area (Å²) >= 11 is 5.34. The molecule has 21 heavy (non-hydrogen) atoms. The molecule has 0 aromatic heterocycles. The minimum Gasteiger partial charge on any atom is -0.336 e. The van der Waals surface area contributed by atoms with Crippen LogP contribution in [0, 0.1) is 11.6 Å². The highest BCUT2D eigenvalue weighted by Gasteiger charge is 2.28. The molecule has 0 amide bonds. The van der Waals surface area contributed by atoms with Gasteiger partial charge in [-0.3, -0.25) is 0 Å². The van der Waals surface area contributed by atoms with E-state index in [0.29, 0.717) is 24.9 Å². The lowest BCUT2D eigenvalue weighted by Gasteiger charge is -2.37. The van der Waals surface area contributed by atoms with Crippen molar-refractivity contribution >= 4 is 17.2 Å². The number of thiocarbonyl (C=S) groups is 1. The zero-order chi connectivity index (χ0) is 15.6. The fraction of sp³-hybridized carbons (Fsp3) is 0.438. The van der Waals surface area contributed by atoms with E-state index in [1.165, 1.54) is 6.07 Å². The summed E-state index contributed by atoms with van der Waals surface area (Å²) in [5.41, 5.74) is 8.10. The number of allylic oxidation sites excluding steroid dienone is 1.